The van der Waals surface area contributed by atoms with E-state index in [0.29, 0.717) is 23.0 Å². The molecule has 1 saturated carbocycles. The highest BCUT2D eigenvalue weighted by atomic mass is 16.5. The molecule has 2 aromatic heterocycles. The summed E-state index contributed by atoms with van der Waals surface area (Å²) in [6.45, 7) is 1.97. The van der Waals surface area contributed by atoms with Gasteiger partial charge in [0.1, 0.15) is 23.2 Å². The molecule has 0 aliphatic heterocycles. The summed E-state index contributed by atoms with van der Waals surface area (Å²) in [5.74, 6) is 1.55. The Morgan fingerprint density at radius 1 is 1.11 bits per heavy atom. The van der Waals surface area contributed by atoms with Gasteiger partial charge < -0.3 is 15.8 Å². The van der Waals surface area contributed by atoms with Crippen molar-refractivity contribution in [3.8, 4) is 11.8 Å². The average Bonchev–Trinajstić information content (AvgIpc) is 2.70. The van der Waals surface area contributed by atoms with Crippen LogP contribution in [0.4, 0.5) is 11.5 Å². The van der Waals surface area contributed by atoms with E-state index < -0.39 is 0 Å². The Hall–Kier alpha value is -3.40. The van der Waals surface area contributed by atoms with Gasteiger partial charge in [-0.05, 0) is 50.3 Å². The van der Waals surface area contributed by atoms with Crippen LogP contribution in [-0.2, 0) is 0 Å². The molecule has 1 aliphatic carbocycles. The number of anilines is 2. The maximum atomic E-state index is 8.97. The predicted molar refractivity (Wildman–Crippen MR) is 108 cm³/mol. The molecule has 1 fully saturated rings. The lowest BCUT2D eigenvalue weighted by atomic mass is 9.92. The zero-order valence-electron chi connectivity index (χ0n) is 15.7. The van der Waals surface area contributed by atoms with Gasteiger partial charge in [-0.2, -0.15) is 5.26 Å². The SMILES string of the molecule is Cc1cc(C#N)cnc1NC1CCC(Oc2cc(N)cc3nccnc23)CC1. The average molecular weight is 374 g/mol. The van der Waals surface area contributed by atoms with Crippen LogP contribution in [0.25, 0.3) is 11.0 Å². The molecular weight excluding hydrogens is 352 g/mol. The normalized spacial score (nSPS) is 19.1. The van der Waals surface area contributed by atoms with Gasteiger partial charge in [0, 0.05) is 36.4 Å². The molecule has 0 spiro atoms. The second-order valence-corrected chi connectivity index (χ2v) is 7.18. The van der Waals surface area contributed by atoms with Crippen LogP contribution in [0, 0.1) is 18.3 Å². The summed E-state index contributed by atoms with van der Waals surface area (Å²) in [6, 6.07) is 7.95. The molecule has 0 saturated heterocycles. The van der Waals surface area contributed by atoms with E-state index in [1.165, 1.54) is 0 Å². The van der Waals surface area contributed by atoms with Gasteiger partial charge in [-0.25, -0.2) is 9.97 Å². The number of rotatable bonds is 4. The second kappa shape index (κ2) is 7.69. The molecular formula is C21H22N6O. The maximum Gasteiger partial charge on any atom is 0.149 e. The minimum absolute atomic E-state index is 0.125. The molecule has 1 aromatic carbocycles. The fourth-order valence-corrected chi connectivity index (χ4v) is 3.64. The number of nitrogens with one attached hydrogen (secondary N) is 1. The molecule has 1 aliphatic rings. The van der Waals surface area contributed by atoms with Gasteiger partial charge >= 0.3 is 0 Å². The fourth-order valence-electron chi connectivity index (χ4n) is 3.64. The topological polar surface area (TPSA) is 110 Å². The molecule has 4 rings (SSSR count). The number of hydrogen-bond acceptors (Lipinski definition) is 7. The Bertz CT molecular complexity index is 1040. The van der Waals surface area contributed by atoms with Crippen molar-refractivity contribution in [1.29, 1.82) is 5.26 Å². The molecule has 0 atom stereocenters. The quantitative estimate of drug-likeness (QED) is 0.672. The third kappa shape index (κ3) is 3.81. The number of nitrogen functional groups attached to an aromatic ring is 1. The first kappa shape index (κ1) is 18.0. The number of nitrogens with two attached hydrogens (primary N) is 1. The van der Waals surface area contributed by atoms with Gasteiger partial charge in [-0.15, -0.1) is 0 Å². The minimum Gasteiger partial charge on any atom is -0.488 e. The monoisotopic (exact) mass is 374 g/mol. The molecule has 7 nitrogen and oxygen atoms in total. The van der Waals surface area contributed by atoms with E-state index in [0.717, 1.165) is 48.1 Å². The number of nitriles is 1. The van der Waals surface area contributed by atoms with E-state index in [4.69, 9.17) is 15.7 Å². The predicted octanol–water partition coefficient (Wildman–Crippen LogP) is 3.59. The van der Waals surface area contributed by atoms with E-state index in [9.17, 15) is 0 Å². The molecule has 2 heterocycles. The lowest BCUT2D eigenvalue weighted by Crippen LogP contribution is -2.31. The second-order valence-electron chi connectivity index (χ2n) is 7.18. The van der Waals surface area contributed by atoms with E-state index in [2.05, 4.69) is 26.3 Å². The minimum atomic E-state index is 0.125. The zero-order valence-corrected chi connectivity index (χ0v) is 15.7. The third-order valence-corrected chi connectivity index (χ3v) is 5.08. The summed E-state index contributed by atoms with van der Waals surface area (Å²) in [6.07, 6.45) is 8.89. The highest BCUT2D eigenvalue weighted by Gasteiger charge is 2.24. The first-order chi connectivity index (χ1) is 13.6. The van der Waals surface area contributed by atoms with Crippen LogP contribution in [0.3, 0.4) is 0 Å². The van der Waals surface area contributed by atoms with E-state index in [-0.39, 0.29) is 6.10 Å². The fraction of sp³-hybridized carbons (Fsp3) is 0.333. The number of ether oxygens (including phenoxy) is 1. The van der Waals surface area contributed by atoms with Crippen molar-refractivity contribution in [2.45, 2.75) is 44.8 Å². The Labute approximate surface area is 163 Å². The first-order valence-electron chi connectivity index (χ1n) is 9.42. The van der Waals surface area contributed by atoms with Crippen molar-refractivity contribution in [2.75, 3.05) is 11.1 Å². The molecule has 7 heteroatoms. The number of aryl methyl sites for hydroxylation is 1. The van der Waals surface area contributed by atoms with Gasteiger partial charge in [-0.1, -0.05) is 0 Å². The number of aromatic nitrogens is 3. The molecule has 0 radical (unpaired) electrons. The van der Waals surface area contributed by atoms with Crippen molar-refractivity contribution in [3.63, 3.8) is 0 Å². The molecule has 3 N–H and O–H groups in total. The Balaban J connectivity index is 1.39. The van der Waals surface area contributed by atoms with Crippen LogP contribution >= 0.6 is 0 Å². The van der Waals surface area contributed by atoms with Gasteiger partial charge in [0.2, 0.25) is 0 Å². The van der Waals surface area contributed by atoms with Gasteiger partial charge in [0.25, 0.3) is 0 Å². The van der Waals surface area contributed by atoms with Gasteiger partial charge in [0.05, 0.1) is 17.2 Å². The summed E-state index contributed by atoms with van der Waals surface area (Å²) < 4.78 is 6.24. The summed E-state index contributed by atoms with van der Waals surface area (Å²) in [7, 11) is 0. The summed E-state index contributed by atoms with van der Waals surface area (Å²) in [5, 5.41) is 12.5. The first-order valence-corrected chi connectivity index (χ1v) is 9.42. The van der Waals surface area contributed by atoms with Crippen molar-refractivity contribution < 1.29 is 4.74 Å². The lowest BCUT2D eigenvalue weighted by molar-refractivity contribution is 0.152. The Morgan fingerprint density at radius 2 is 1.89 bits per heavy atom. The van der Waals surface area contributed by atoms with Crippen molar-refractivity contribution >= 4 is 22.5 Å². The van der Waals surface area contributed by atoms with Crippen molar-refractivity contribution in [2.24, 2.45) is 0 Å². The third-order valence-electron chi connectivity index (χ3n) is 5.08. The van der Waals surface area contributed by atoms with Crippen LogP contribution in [-0.4, -0.2) is 27.1 Å². The van der Waals surface area contributed by atoms with Crippen molar-refractivity contribution in [1.82, 2.24) is 15.0 Å². The van der Waals surface area contributed by atoms with Crippen LogP contribution < -0.4 is 15.8 Å². The maximum absolute atomic E-state index is 8.97. The van der Waals surface area contributed by atoms with Gasteiger partial charge in [0.15, 0.2) is 0 Å². The van der Waals surface area contributed by atoms with Gasteiger partial charge in [-0.3, -0.25) is 4.98 Å². The van der Waals surface area contributed by atoms with Crippen LogP contribution in [0.5, 0.6) is 5.75 Å². The summed E-state index contributed by atoms with van der Waals surface area (Å²) in [5.41, 5.74) is 9.67. The van der Waals surface area contributed by atoms with Crippen molar-refractivity contribution in [3.05, 3.63) is 47.9 Å². The highest BCUT2D eigenvalue weighted by molar-refractivity contribution is 5.84. The van der Waals surface area contributed by atoms with E-state index in [1.54, 1.807) is 18.6 Å². The van der Waals surface area contributed by atoms with Crippen LogP contribution in [0.2, 0.25) is 0 Å². The molecule has 0 bridgehead atoms. The molecule has 28 heavy (non-hydrogen) atoms. The Morgan fingerprint density at radius 3 is 2.64 bits per heavy atom. The smallest absolute Gasteiger partial charge is 0.149 e. The molecule has 3 aromatic rings. The number of nitrogens with zero attached hydrogens (tertiary/aromatic N) is 4. The molecule has 0 amide bonds. The standard InChI is InChI=1S/C21H22N6O/c1-13-8-14(11-22)12-26-21(13)27-16-2-4-17(5-3-16)28-19-10-15(23)9-18-20(19)25-7-6-24-18/h6-10,12,16-17H,2-5,23H2,1H3,(H,26,27). The largest absolute Gasteiger partial charge is 0.488 e. The van der Waals surface area contributed by atoms with Crippen LogP contribution in [0.1, 0.15) is 36.8 Å². The zero-order chi connectivity index (χ0) is 19.5. The summed E-state index contributed by atoms with van der Waals surface area (Å²) in [4.78, 5) is 13.1. The summed E-state index contributed by atoms with van der Waals surface area (Å²) >= 11 is 0. The number of fused-ring (bicyclic) bond motifs is 1. The lowest BCUT2D eigenvalue weighted by Gasteiger charge is -2.30. The molecule has 142 valence electrons. The van der Waals surface area contributed by atoms with E-state index in [1.807, 2.05) is 25.1 Å². The molecule has 0 unspecified atom stereocenters. The number of hydrogen-bond donors (Lipinski definition) is 2. The number of pyridine rings is 1. The number of benzene rings is 1. The van der Waals surface area contributed by atoms with Crippen LogP contribution in [0.15, 0.2) is 36.8 Å². The van der Waals surface area contributed by atoms with E-state index >= 15 is 0 Å². The Kier molecular flexibility index (Phi) is 4.94. The highest BCUT2D eigenvalue weighted by Crippen LogP contribution is 2.31.